The molecule has 1 heterocycles. The summed E-state index contributed by atoms with van der Waals surface area (Å²) in [7, 11) is 1.34. The maximum Gasteiger partial charge on any atom is 0.331 e. The van der Waals surface area contributed by atoms with E-state index in [1.54, 1.807) is 6.20 Å². The van der Waals surface area contributed by atoms with Crippen LogP contribution in [0.5, 0.6) is 0 Å². The van der Waals surface area contributed by atoms with E-state index in [0.29, 0.717) is 13.2 Å². The second kappa shape index (κ2) is 7.78. The van der Waals surface area contributed by atoms with E-state index in [0.717, 1.165) is 12.1 Å². The number of nitrogens with zero attached hydrogens (tertiary/aromatic N) is 1. The summed E-state index contributed by atoms with van der Waals surface area (Å²) in [6.07, 6.45) is 3.55. The lowest BCUT2D eigenvalue weighted by Gasteiger charge is -2.05. The monoisotopic (exact) mass is 224 g/mol. The van der Waals surface area contributed by atoms with Gasteiger partial charge in [-0.2, -0.15) is 0 Å². The number of carbonyl (C=O) groups is 1. The lowest BCUT2D eigenvalue weighted by atomic mass is 10.3. The van der Waals surface area contributed by atoms with Crippen molar-refractivity contribution in [1.82, 2.24) is 10.3 Å². The van der Waals surface area contributed by atoms with Crippen LogP contribution in [0.25, 0.3) is 0 Å². The zero-order valence-corrected chi connectivity index (χ0v) is 9.31. The Morgan fingerprint density at radius 2 is 2.44 bits per heavy atom. The zero-order valence-electron chi connectivity index (χ0n) is 9.31. The molecule has 5 nitrogen and oxygen atoms in total. The molecule has 1 aromatic rings. The molecule has 0 radical (unpaired) electrons. The van der Waals surface area contributed by atoms with E-state index >= 15 is 0 Å². The molecule has 0 amide bonds. The Bertz CT molecular complexity index is 303. The maximum absolute atomic E-state index is 10.7. The van der Waals surface area contributed by atoms with Crippen LogP contribution in [-0.2, 0) is 20.8 Å². The van der Waals surface area contributed by atoms with Gasteiger partial charge in [0.25, 0.3) is 0 Å². The first-order valence-corrected chi connectivity index (χ1v) is 5.07. The molecule has 0 aliphatic heterocycles. The third-order valence-corrected chi connectivity index (χ3v) is 1.92. The smallest absolute Gasteiger partial charge is 0.331 e. The van der Waals surface area contributed by atoms with Gasteiger partial charge in [-0.3, -0.25) is 4.98 Å². The van der Waals surface area contributed by atoms with Crippen LogP contribution < -0.4 is 5.32 Å². The molecule has 16 heavy (non-hydrogen) atoms. The summed E-state index contributed by atoms with van der Waals surface area (Å²) in [5.41, 5.74) is 1.12. The van der Waals surface area contributed by atoms with Gasteiger partial charge in [-0.1, -0.05) is 6.07 Å². The Kier molecular flexibility index (Phi) is 6.13. The molecule has 0 bridgehead atoms. The van der Waals surface area contributed by atoms with Crippen LogP contribution in [0.3, 0.4) is 0 Å². The van der Waals surface area contributed by atoms with Crippen LogP contribution in [0.1, 0.15) is 5.56 Å². The molecule has 1 N–H and O–H groups in total. The number of pyridine rings is 1. The van der Waals surface area contributed by atoms with E-state index in [-0.39, 0.29) is 12.6 Å². The number of hydrogen-bond donors (Lipinski definition) is 1. The number of methoxy groups -OCH3 is 1. The second-order valence-corrected chi connectivity index (χ2v) is 3.17. The van der Waals surface area contributed by atoms with Crippen LogP contribution in [0.4, 0.5) is 0 Å². The fourth-order valence-electron chi connectivity index (χ4n) is 1.09. The minimum absolute atomic E-state index is 0.00503. The third kappa shape index (κ3) is 5.43. The average Bonchev–Trinajstić information content (AvgIpc) is 2.34. The van der Waals surface area contributed by atoms with E-state index in [1.165, 1.54) is 7.11 Å². The zero-order chi connectivity index (χ0) is 11.6. The number of aromatic nitrogens is 1. The molecule has 0 aliphatic carbocycles. The molecule has 1 rings (SSSR count). The van der Waals surface area contributed by atoms with Gasteiger partial charge in [-0.25, -0.2) is 4.79 Å². The van der Waals surface area contributed by atoms with Gasteiger partial charge < -0.3 is 14.8 Å². The van der Waals surface area contributed by atoms with Crippen molar-refractivity contribution in [3.63, 3.8) is 0 Å². The van der Waals surface area contributed by atoms with Crippen LogP contribution in [-0.4, -0.2) is 37.8 Å². The molecule has 88 valence electrons. The number of nitrogens with one attached hydrogen (secondary N) is 1. The SMILES string of the molecule is COC(=O)COCCNCc1cccnc1. The largest absolute Gasteiger partial charge is 0.467 e. The van der Waals surface area contributed by atoms with E-state index in [9.17, 15) is 4.79 Å². The predicted molar refractivity (Wildman–Crippen MR) is 58.8 cm³/mol. The highest BCUT2D eigenvalue weighted by molar-refractivity contribution is 5.70. The number of carbonyl (C=O) groups excluding carboxylic acids is 1. The summed E-state index contributed by atoms with van der Waals surface area (Å²) >= 11 is 0. The van der Waals surface area contributed by atoms with Crippen LogP contribution >= 0.6 is 0 Å². The first-order chi connectivity index (χ1) is 7.83. The second-order valence-electron chi connectivity index (χ2n) is 3.17. The number of ether oxygens (including phenoxy) is 2. The molecule has 0 saturated heterocycles. The van der Waals surface area contributed by atoms with Crippen LogP contribution in [0.15, 0.2) is 24.5 Å². The Balaban J connectivity index is 1.98. The third-order valence-electron chi connectivity index (χ3n) is 1.92. The Hall–Kier alpha value is -1.46. The molecule has 5 heteroatoms. The van der Waals surface area contributed by atoms with Crippen molar-refractivity contribution in [2.45, 2.75) is 6.54 Å². The van der Waals surface area contributed by atoms with Crippen molar-refractivity contribution >= 4 is 5.97 Å². The van der Waals surface area contributed by atoms with Gasteiger partial charge >= 0.3 is 5.97 Å². The molecule has 0 atom stereocenters. The van der Waals surface area contributed by atoms with Gasteiger partial charge in [0.1, 0.15) is 6.61 Å². The average molecular weight is 224 g/mol. The summed E-state index contributed by atoms with van der Waals surface area (Å²) in [6.45, 7) is 1.92. The van der Waals surface area contributed by atoms with Crippen molar-refractivity contribution < 1.29 is 14.3 Å². The summed E-state index contributed by atoms with van der Waals surface area (Å²) in [6, 6.07) is 3.89. The van der Waals surface area contributed by atoms with E-state index in [2.05, 4.69) is 15.0 Å². The summed E-state index contributed by atoms with van der Waals surface area (Å²) in [5.74, 6) is -0.354. The minimum atomic E-state index is -0.354. The van der Waals surface area contributed by atoms with Crippen LogP contribution in [0.2, 0.25) is 0 Å². The Morgan fingerprint density at radius 3 is 3.12 bits per heavy atom. The Morgan fingerprint density at radius 1 is 1.56 bits per heavy atom. The fourth-order valence-corrected chi connectivity index (χ4v) is 1.09. The molecule has 0 saturated carbocycles. The predicted octanol–water partition coefficient (Wildman–Crippen LogP) is 0.361. The normalized spacial score (nSPS) is 10.1. The van der Waals surface area contributed by atoms with Crippen molar-refractivity contribution in [3.8, 4) is 0 Å². The molecule has 0 aliphatic rings. The molecular formula is C11H16N2O3. The summed E-state index contributed by atoms with van der Waals surface area (Å²) in [4.78, 5) is 14.7. The first-order valence-electron chi connectivity index (χ1n) is 5.07. The quantitative estimate of drug-likeness (QED) is 0.535. The number of hydrogen-bond acceptors (Lipinski definition) is 5. The molecule has 0 spiro atoms. The minimum Gasteiger partial charge on any atom is -0.467 e. The van der Waals surface area contributed by atoms with Gasteiger partial charge in [-0.15, -0.1) is 0 Å². The van der Waals surface area contributed by atoms with Crippen molar-refractivity contribution in [3.05, 3.63) is 30.1 Å². The molecule has 0 unspecified atom stereocenters. The van der Waals surface area contributed by atoms with Gasteiger partial charge in [0, 0.05) is 25.5 Å². The van der Waals surface area contributed by atoms with Gasteiger partial charge in [0.05, 0.1) is 13.7 Å². The van der Waals surface area contributed by atoms with Crippen LogP contribution in [0, 0.1) is 0 Å². The lowest BCUT2D eigenvalue weighted by Crippen LogP contribution is -2.21. The van der Waals surface area contributed by atoms with Crippen molar-refractivity contribution in [2.75, 3.05) is 26.9 Å². The molecule has 0 aromatic carbocycles. The fraction of sp³-hybridized carbons (Fsp3) is 0.455. The molecule has 0 fully saturated rings. The number of rotatable bonds is 7. The Labute approximate surface area is 94.8 Å². The highest BCUT2D eigenvalue weighted by Crippen LogP contribution is 1.93. The highest BCUT2D eigenvalue weighted by Gasteiger charge is 1.98. The topological polar surface area (TPSA) is 60.5 Å². The van der Waals surface area contributed by atoms with Crippen molar-refractivity contribution in [2.24, 2.45) is 0 Å². The summed E-state index contributed by atoms with van der Waals surface area (Å²) < 4.78 is 9.51. The maximum atomic E-state index is 10.7. The lowest BCUT2D eigenvalue weighted by molar-refractivity contribution is -0.145. The van der Waals surface area contributed by atoms with Gasteiger partial charge in [-0.05, 0) is 11.6 Å². The highest BCUT2D eigenvalue weighted by atomic mass is 16.6. The molecular weight excluding hydrogens is 208 g/mol. The summed E-state index contributed by atoms with van der Waals surface area (Å²) in [5, 5.41) is 3.18. The number of esters is 1. The first kappa shape index (κ1) is 12.6. The van der Waals surface area contributed by atoms with Gasteiger partial charge in [0.2, 0.25) is 0 Å². The molecule has 1 aromatic heterocycles. The standard InChI is InChI=1S/C11H16N2O3/c1-15-11(14)9-16-6-5-13-8-10-3-2-4-12-7-10/h2-4,7,13H,5-6,8-9H2,1H3. The van der Waals surface area contributed by atoms with E-state index in [4.69, 9.17) is 4.74 Å². The van der Waals surface area contributed by atoms with Crippen molar-refractivity contribution in [1.29, 1.82) is 0 Å². The van der Waals surface area contributed by atoms with Gasteiger partial charge in [0.15, 0.2) is 0 Å². The van der Waals surface area contributed by atoms with E-state index < -0.39 is 0 Å². The van der Waals surface area contributed by atoms with E-state index in [1.807, 2.05) is 18.3 Å².